The van der Waals surface area contributed by atoms with E-state index in [1.165, 1.54) is 16.7 Å². The largest absolute Gasteiger partial charge is 0.257 e. The number of hydrogen-bond donors (Lipinski definition) is 0. The van der Waals surface area contributed by atoms with Crippen LogP contribution in [0.2, 0.25) is 0 Å². The fourth-order valence-corrected chi connectivity index (χ4v) is 3.50. The highest BCUT2D eigenvalue weighted by Crippen LogP contribution is 2.36. The number of hydrogen-bond acceptors (Lipinski definition) is 2. The van der Waals surface area contributed by atoms with Gasteiger partial charge in [-0.2, -0.15) is 5.10 Å². The Balaban J connectivity index is 1.71. The number of nitrogens with zero attached hydrogens (tertiary/aromatic N) is 2. The van der Waals surface area contributed by atoms with Gasteiger partial charge >= 0.3 is 0 Å². The van der Waals surface area contributed by atoms with Gasteiger partial charge in [-0.05, 0) is 34.7 Å². The van der Waals surface area contributed by atoms with Crippen LogP contribution < -0.4 is 5.01 Å². The Bertz CT molecular complexity index is 881. The van der Waals surface area contributed by atoms with Gasteiger partial charge in [-0.1, -0.05) is 86.6 Å². The molecule has 0 aromatic heterocycles. The number of rotatable bonds is 4. The fraction of sp³-hybridized carbons (Fsp3) is 0.208. The van der Waals surface area contributed by atoms with Gasteiger partial charge in [0.15, 0.2) is 0 Å². The van der Waals surface area contributed by atoms with Crippen LogP contribution in [0.25, 0.3) is 0 Å². The van der Waals surface area contributed by atoms with Crippen molar-refractivity contribution in [2.45, 2.75) is 32.2 Å². The third kappa shape index (κ3) is 3.28. The van der Waals surface area contributed by atoms with E-state index in [9.17, 15) is 0 Å². The van der Waals surface area contributed by atoms with E-state index >= 15 is 0 Å². The Morgan fingerprint density at radius 2 is 1.42 bits per heavy atom. The van der Waals surface area contributed by atoms with Crippen LogP contribution in [0, 0.1) is 0 Å². The molecular formula is C24H24N2. The van der Waals surface area contributed by atoms with Gasteiger partial charge in [0.2, 0.25) is 0 Å². The summed E-state index contributed by atoms with van der Waals surface area (Å²) in [5.74, 6) is 0.550. The summed E-state index contributed by atoms with van der Waals surface area (Å²) < 4.78 is 0. The second-order valence-electron chi connectivity index (χ2n) is 7.13. The Morgan fingerprint density at radius 1 is 0.808 bits per heavy atom. The summed E-state index contributed by atoms with van der Waals surface area (Å²) >= 11 is 0. The van der Waals surface area contributed by atoms with Crippen molar-refractivity contribution in [1.82, 2.24) is 0 Å². The number of anilines is 1. The molecule has 0 N–H and O–H groups in total. The standard InChI is InChI=1S/C24H24N2/c1-18(2)19-13-15-21(16-14-19)24-17-23(20-9-5-3-6-10-20)25-26(24)22-11-7-4-8-12-22/h3-16,18,24H,17H2,1-2H3. The van der Waals surface area contributed by atoms with E-state index < -0.39 is 0 Å². The molecule has 130 valence electrons. The second-order valence-corrected chi connectivity index (χ2v) is 7.13. The van der Waals surface area contributed by atoms with Crippen LogP contribution in [0.15, 0.2) is 90.0 Å². The minimum absolute atomic E-state index is 0.230. The average molecular weight is 340 g/mol. The van der Waals surface area contributed by atoms with Gasteiger partial charge in [0.1, 0.15) is 0 Å². The van der Waals surface area contributed by atoms with Gasteiger partial charge in [0, 0.05) is 6.42 Å². The molecule has 1 aliphatic heterocycles. The molecule has 4 rings (SSSR count). The molecule has 3 aromatic carbocycles. The molecule has 1 unspecified atom stereocenters. The zero-order chi connectivity index (χ0) is 17.9. The molecule has 0 aliphatic carbocycles. The monoisotopic (exact) mass is 340 g/mol. The molecule has 0 fully saturated rings. The molecule has 1 atom stereocenters. The van der Waals surface area contributed by atoms with Crippen molar-refractivity contribution in [2.75, 3.05) is 5.01 Å². The van der Waals surface area contributed by atoms with Gasteiger partial charge in [0.25, 0.3) is 0 Å². The highest BCUT2D eigenvalue weighted by molar-refractivity contribution is 6.03. The van der Waals surface area contributed by atoms with E-state index in [0.717, 1.165) is 17.8 Å². The van der Waals surface area contributed by atoms with Crippen molar-refractivity contribution in [2.24, 2.45) is 5.10 Å². The molecule has 0 saturated carbocycles. The molecule has 2 nitrogen and oxygen atoms in total. The van der Waals surface area contributed by atoms with Gasteiger partial charge in [-0.3, -0.25) is 5.01 Å². The van der Waals surface area contributed by atoms with Crippen LogP contribution in [0.3, 0.4) is 0 Å². The molecule has 0 spiro atoms. The molecular weight excluding hydrogens is 316 g/mol. The Labute approximate surface area is 155 Å². The molecule has 1 heterocycles. The van der Waals surface area contributed by atoms with Crippen molar-refractivity contribution >= 4 is 11.4 Å². The van der Waals surface area contributed by atoms with Gasteiger partial charge < -0.3 is 0 Å². The fourth-order valence-electron chi connectivity index (χ4n) is 3.50. The summed E-state index contributed by atoms with van der Waals surface area (Å²) in [6.45, 7) is 4.47. The molecule has 0 radical (unpaired) electrons. The maximum Gasteiger partial charge on any atom is 0.0831 e. The van der Waals surface area contributed by atoms with Crippen molar-refractivity contribution in [3.63, 3.8) is 0 Å². The number of benzene rings is 3. The van der Waals surface area contributed by atoms with Crippen molar-refractivity contribution in [1.29, 1.82) is 0 Å². The summed E-state index contributed by atoms with van der Waals surface area (Å²) in [7, 11) is 0. The van der Waals surface area contributed by atoms with Crippen molar-refractivity contribution in [3.05, 3.63) is 102 Å². The first-order chi connectivity index (χ1) is 12.7. The summed E-state index contributed by atoms with van der Waals surface area (Å²) in [6.07, 6.45) is 0.917. The summed E-state index contributed by atoms with van der Waals surface area (Å²) in [5.41, 5.74) is 6.17. The van der Waals surface area contributed by atoms with E-state index in [0.29, 0.717) is 5.92 Å². The van der Waals surface area contributed by atoms with E-state index in [4.69, 9.17) is 5.10 Å². The average Bonchev–Trinajstić information content (AvgIpc) is 3.15. The van der Waals surface area contributed by atoms with E-state index in [2.05, 4.69) is 97.7 Å². The highest BCUT2D eigenvalue weighted by Gasteiger charge is 2.29. The first-order valence-corrected chi connectivity index (χ1v) is 9.29. The molecule has 3 aromatic rings. The Kier molecular flexibility index (Phi) is 4.57. The Hall–Kier alpha value is -2.87. The maximum absolute atomic E-state index is 4.99. The lowest BCUT2D eigenvalue weighted by molar-refractivity contribution is 0.707. The predicted octanol–water partition coefficient (Wildman–Crippen LogP) is 6.17. The first kappa shape index (κ1) is 16.6. The number of hydrazone groups is 1. The minimum Gasteiger partial charge on any atom is -0.257 e. The summed E-state index contributed by atoms with van der Waals surface area (Å²) in [6, 6.07) is 30.2. The summed E-state index contributed by atoms with van der Waals surface area (Å²) in [4.78, 5) is 0. The minimum atomic E-state index is 0.230. The zero-order valence-electron chi connectivity index (χ0n) is 15.3. The van der Waals surface area contributed by atoms with Crippen molar-refractivity contribution in [3.8, 4) is 0 Å². The highest BCUT2D eigenvalue weighted by atomic mass is 15.5. The maximum atomic E-state index is 4.99. The van der Waals surface area contributed by atoms with Crippen LogP contribution in [-0.2, 0) is 0 Å². The number of para-hydroxylation sites is 1. The molecule has 0 saturated heterocycles. The van der Waals surface area contributed by atoms with Gasteiger partial charge in [0.05, 0.1) is 17.4 Å². The smallest absolute Gasteiger partial charge is 0.0831 e. The molecule has 2 heteroatoms. The Morgan fingerprint density at radius 3 is 2.04 bits per heavy atom. The topological polar surface area (TPSA) is 15.6 Å². The van der Waals surface area contributed by atoms with Gasteiger partial charge in [-0.15, -0.1) is 0 Å². The third-order valence-electron chi connectivity index (χ3n) is 5.03. The summed E-state index contributed by atoms with van der Waals surface area (Å²) in [5, 5.41) is 7.17. The van der Waals surface area contributed by atoms with Crippen molar-refractivity contribution < 1.29 is 0 Å². The van der Waals surface area contributed by atoms with Crippen LogP contribution in [0.4, 0.5) is 5.69 Å². The molecule has 1 aliphatic rings. The first-order valence-electron chi connectivity index (χ1n) is 9.29. The SMILES string of the molecule is CC(C)c1ccc(C2CC(c3ccccc3)=NN2c2ccccc2)cc1. The molecule has 26 heavy (non-hydrogen) atoms. The van der Waals surface area contributed by atoms with Crippen LogP contribution in [0.1, 0.15) is 48.9 Å². The van der Waals surface area contributed by atoms with Crippen LogP contribution >= 0.6 is 0 Å². The normalized spacial score (nSPS) is 16.8. The predicted molar refractivity (Wildman–Crippen MR) is 110 cm³/mol. The van der Waals surface area contributed by atoms with Crippen LogP contribution in [-0.4, -0.2) is 5.71 Å². The molecule has 0 bridgehead atoms. The second kappa shape index (κ2) is 7.17. The zero-order valence-corrected chi connectivity index (χ0v) is 15.3. The van der Waals surface area contributed by atoms with Gasteiger partial charge in [-0.25, -0.2) is 0 Å². The lowest BCUT2D eigenvalue weighted by atomic mass is 9.95. The quantitative estimate of drug-likeness (QED) is 0.555. The lowest BCUT2D eigenvalue weighted by Gasteiger charge is -2.24. The van der Waals surface area contributed by atoms with E-state index in [-0.39, 0.29) is 6.04 Å². The molecule has 0 amide bonds. The van der Waals surface area contributed by atoms with E-state index in [1.54, 1.807) is 0 Å². The lowest BCUT2D eigenvalue weighted by Crippen LogP contribution is -2.18. The van der Waals surface area contributed by atoms with E-state index in [1.807, 2.05) is 6.07 Å². The van der Waals surface area contributed by atoms with Crippen LogP contribution in [0.5, 0.6) is 0 Å². The third-order valence-corrected chi connectivity index (χ3v) is 5.03.